The standard InChI is InChI=1S/C14H13FN4O3S/c1-22-14-7-12-13(6-11(14)15)19(18-17-12)10-4-2-9(3-5-10)8-16-23(20)21/h2-7,16H,8H2,1H3,(H,20,21). The summed E-state index contributed by atoms with van der Waals surface area (Å²) in [4.78, 5) is 0. The monoisotopic (exact) mass is 336 g/mol. The summed E-state index contributed by atoms with van der Waals surface area (Å²) in [6, 6.07) is 9.91. The van der Waals surface area contributed by atoms with E-state index in [1.807, 2.05) is 0 Å². The fourth-order valence-corrected chi connectivity index (χ4v) is 2.46. The number of halogens is 1. The molecule has 0 aliphatic carbocycles. The Kier molecular flexibility index (Phi) is 4.33. The lowest BCUT2D eigenvalue weighted by molar-refractivity contribution is 0.387. The van der Waals surface area contributed by atoms with E-state index in [1.54, 1.807) is 24.3 Å². The molecule has 7 nitrogen and oxygen atoms in total. The number of nitrogens with one attached hydrogen (secondary N) is 1. The highest BCUT2D eigenvalue weighted by Crippen LogP contribution is 2.24. The van der Waals surface area contributed by atoms with Crippen LogP contribution in [0, 0.1) is 5.82 Å². The molecule has 9 heteroatoms. The minimum absolute atomic E-state index is 0.114. The molecule has 0 aliphatic heterocycles. The predicted molar refractivity (Wildman–Crippen MR) is 83.0 cm³/mol. The zero-order chi connectivity index (χ0) is 16.4. The van der Waals surface area contributed by atoms with Crippen LogP contribution in [-0.2, 0) is 17.8 Å². The van der Waals surface area contributed by atoms with Gasteiger partial charge in [-0.2, -0.15) is 0 Å². The normalized spacial score (nSPS) is 12.5. The van der Waals surface area contributed by atoms with Crippen molar-refractivity contribution in [3.63, 3.8) is 0 Å². The first kappa shape index (κ1) is 15.5. The maximum Gasteiger partial charge on any atom is 0.232 e. The highest BCUT2D eigenvalue weighted by Gasteiger charge is 2.12. The van der Waals surface area contributed by atoms with Gasteiger partial charge >= 0.3 is 0 Å². The highest BCUT2D eigenvalue weighted by molar-refractivity contribution is 7.77. The van der Waals surface area contributed by atoms with Crippen LogP contribution in [0.3, 0.4) is 0 Å². The summed E-state index contributed by atoms with van der Waals surface area (Å²) in [7, 11) is 1.39. The van der Waals surface area contributed by atoms with Gasteiger partial charge in [-0.25, -0.2) is 18.0 Å². The molecule has 120 valence electrons. The quantitative estimate of drug-likeness (QED) is 0.694. The topological polar surface area (TPSA) is 89.3 Å². The zero-order valence-corrected chi connectivity index (χ0v) is 12.9. The van der Waals surface area contributed by atoms with Crippen LogP contribution in [0.15, 0.2) is 36.4 Å². The van der Waals surface area contributed by atoms with Crippen molar-refractivity contribution in [2.24, 2.45) is 0 Å². The van der Waals surface area contributed by atoms with Crippen LogP contribution in [0.4, 0.5) is 4.39 Å². The van der Waals surface area contributed by atoms with Gasteiger partial charge in [-0.15, -0.1) is 5.10 Å². The molecule has 2 aromatic carbocycles. The third kappa shape index (κ3) is 3.21. The van der Waals surface area contributed by atoms with Crippen LogP contribution in [0.25, 0.3) is 16.7 Å². The Morgan fingerprint density at radius 1 is 1.35 bits per heavy atom. The lowest BCUT2D eigenvalue weighted by Gasteiger charge is -2.06. The third-order valence-corrected chi connectivity index (χ3v) is 3.69. The number of benzene rings is 2. The molecule has 1 aromatic heterocycles. The molecule has 1 heterocycles. The van der Waals surface area contributed by atoms with Gasteiger partial charge in [0.05, 0.1) is 18.3 Å². The maximum atomic E-state index is 13.9. The van der Waals surface area contributed by atoms with Gasteiger partial charge in [-0.1, -0.05) is 17.3 Å². The Bertz CT molecular complexity index is 866. The molecule has 2 N–H and O–H groups in total. The number of rotatable bonds is 5. The van der Waals surface area contributed by atoms with Crippen molar-refractivity contribution in [2.75, 3.05) is 7.11 Å². The van der Waals surface area contributed by atoms with Crippen LogP contribution in [-0.4, -0.2) is 30.9 Å². The highest BCUT2D eigenvalue weighted by atomic mass is 32.2. The molecule has 0 radical (unpaired) electrons. The van der Waals surface area contributed by atoms with Crippen molar-refractivity contribution in [3.05, 3.63) is 47.8 Å². The number of nitrogens with zero attached hydrogens (tertiary/aromatic N) is 3. The second-order valence-corrected chi connectivity index (χ2v) is 5.50. The Morgan fingerprint density at radius 2 is 2.09 bits per heavy atom. The first-order chi connectivity index (χ1) is 11.1. The first-order valence-electron chi connectivity index (χ1n) is 6.61. The third-order valence-electron chi connectivity index (χ3n) is 3.30. The molecule has 0 saturated heterocycles. The molecule has 3 rings (SSSR count). The van der Waals surface area contributed by atoms with Crippen molar-refractivity contribution >= 4 is 22.3 Å². The van der Waals surface area contributed by atoms with E-state index in [9.17, 15) is 8.60 Å². The number of fused-ring (bicyclic) bond motifs is 1. The first-order valence-corrected chi connectivity index (χ1v) is 7.72. The molecule has 3 aromatic rings. The Morgan fingerprint density at radius 3 is 2.74 bits per heavy atom. The lowest BCUT2D eigenvalue weighted by Crippen LogP contribution is -2.15. The fraction of sp³-hybridized carbons (Fsp3) is 0.143. The number of ether oxygens (including phenoxy) is 1. The summed E-state index contributed by atoms with van der Waals surface area (Å²) >= 11 is -2.06. The largest absolute Gasteiger partial charge is 0.494 e. The summed E-state index contributed by atoms with van der Waals surface area (Å²) in [5.41, 5.74) is 2.56. The Labute approximate surface area is 133 Å². The van der Waals surface area contributed by atoms with Gasteiger partial charge in [-0.3, -0.25) is 4.55 Å². The minimum atomic E-state index is -2.06. The second kappa shape index (κ2) is 6.41. The van der Waals surface area contributed by atoms with Crippen LogP contribution in [0.2, 0.25) is 0 Å². The number of hydrogen-bond acceptors (Lipinski definition) is 4. The van der Waals surface area contributed by atoms with Crippen LogP contribution < -0.4 is 9.46 Å². The minimum Gasteiger partial charge on any atom is -0.494 e. The molecule has 0 spiro atoms. The summed E-state index contributed by atoms with van der Waals surface area (Å²) < 4.78 is 42.0. The molecule has 0 saturated carbocycles. The summed E-state index contributed by atoms with van der Waals surface area (Å²) in [6.45, 7) is 0.257. The van der Waals surface area contributed by atoms with Crippen molar-refractivity contribution in [1.29, 1.82) is 0 Å². The maximum absolute atomic E-state index is 13.9. The second-order valence-electron chi connectivity index (χ2n) is 4.71. The van der Waals surface area contributed by atoms with Gasteiger partial charge in [0, 0.05) is 18.7 Å². The van der Waals surface area contributed by atoms with E-state index < -0.39 is 17.1 Å². The van der Waals surface area contributed by atoms with E-state index in [4.69, 9.17) is 9.29 Å². The molecule has 0 bridgehead atoms. The molecule has 1 atom stereocenters. The lowest BCUT2D eigenvalue weighted by atomic mass is 10.2. The summed E-state index contributed by atoms with van der Waals surface area (Å²) in [5.74, 6) is -0.377. The SMILES string of the molecule is COc1cc2nnn(-c3ccc(CNS(=O)O)cc3)c2cc1F. The number of methoxy groups -OCH3 is 1. The number of aromatic nitrogens is 3. The summed E-state index contributed by atoms with van der Waals surface area (Å²) in [6.07, 6.45) is 0. The van der Waals surface area contributed by atoms with Gasteiger partial charge < -0.3 is 4.74 Å². The average molecular weight is 336 g/mol. The molecule has 23 heavy (non-hydrogen) atoms. The van der Waals surface area contributed by atoms with E-state index in [1.165, 1.54) is 23.9 Å². The van der Waals surface area contributed by atoms with Crippen molar-refractivity contribution in [1.82, 2.24) is 19.7 Å². The van der Waals surface area contributed by atoms with Crippen LogP contribution in [0.5, 0.6) is 5.75 Å². The molecular formula is C14H13FN4O3S. The van der Waals surface area contributed by atoms with E-state index >= 15 is 0 Å². The van der Waals surface area contributed by atoms with Crippen LogP contribution in [0.1, 0.15) is 5.56 Å². The zero-order valence-electron chi connectivity index (χ0n) is 12.1. The van der Waals surface area contributed by atoms with Gasteiger partial charge in [0.2, 0.25) is 11.3 Å². The molecule has 0 fully saturated rings. The summed E-state index contributed by atoms with van der Waals surface area (Å²) in [5, 5.41) is 8.03. The smallest absolute Gasteiger partial charge is 0.232 e. The predicted octanol–water partition coefficient (Wildman–Crippen LogP) is 1.79. The van der Waals surface area contributed by atoms with E-state index in [0.29, 0.717) is 16.7 Å². The van der Waals surface area contributed by atoms with Crippen molar-refractivity contribution in [2.45, 2.75) is 6.54 Å². The van der Waals surface area contributed by atoms with Gasteiger partial charge in [-0.05, 0) is 17.7 Å². The van der Waals surface area contributed by atoms with Crippen LogP contribution >= 0.6 is 0 Å². The van der Waals surface area contributed by atoms with Gasteiger partial charge in [0.1, 0.15) is 5.52 Å². The molecule has 1 unspecified atom stereocenters. The molecular weight excluding hydrogens is 323 g/mol. The van der Waals surface area contributed by atoms with E-state index in [0.717, 1.165) is 5.56 Å². The van der Waals surface area contributed by atoms with Crippen molar-refractivity contribution in [3.8, 4) is 11.4 Å². The van der Waals surface area contributed by atoms with E-state index in [-0.39, 0.29) is 12.3 Å². The van der Waals surface area contributed by atoms with Gasteiger partial charge in [0.25, 0.3) is 0 Å². The molecule has 0 amide bonds. The molecule has 0 aliphatic rings. The van der Waals surface area contributed by atoms with Crippen molar-refractivity contribution < 1.29 is 17.9 Å². The Balaban J connectivity index is 1.94. The van der Waals surface area contributed by atoms with E-state index in [2.05, 4.69) is 15.0 Å². The number of hydrogen-bond donors (Lipinski definition) is 2. The van der Waals surface area contributed by atoms with Gasteiger partial charge in [0.15, 0.2) is 11.6 Å². The average Bonchev–Trinajstić information content (AvgIpc) is 2.95. The fourth-order valence-electron chi connectivity index (χ4n) is 2.17. The Hall–Kier alpha value is -2.36.